The van der Waals surface area contributed by atoms with Crippen molar-refractivity contribution in [2.45, 2.75) is 0 Å². The first kappa shape index (κ1) is 34.6. The molecule has 6 heterocycles. The van der Waals surface area contributed by atoms with Gasteiger partial charge in [0.2, 0.25) is 0 Å². The maximum absolute atomic E-state index is 5.37. The summed E-state index contributed by atoms with van der Waals surface area (Å²) in [7, 11) is -3.16. The van der Waals surface area contributed by atoms with Gasteiger partial charge in [0.05, 0.1) is 22.1 Å². The molecule has 0 fully saturated rings. The summed E-state index contributed by atoms with van der Waals surface area (Å²) >= 11 is 0. The summed E-state index contributed by atoms with van der Waals surface area (Å²) in [5.41, 5.74) is 14.3. The number of pyridine rings is 2. The number of hydrogen-bond donors (Lipinski definition) is 0. The second-order valence-corrected chi connectivity index (χ2v) is 20.5. The number of nitrogens with zero attached hydrogens (tertiary/aromatic N) is 4. The van der Waals surface area contributed by atoms with Crippen LogP contribution >= 0.6 is 0 Å². The van der Waals surface area contributed by atoms with Crippen LogP contribution in [0.1, 0.15) is 0 Å². The second-order valence-electron chi connectivity index (χ2n) is 16.8. The molecule has 0 unspecified atom stereocenters. The van der Waals surface area contributed by atoms with Crippen molar-refractivity contribution >= 4 is 72.4 Å². The summed E-state index contributed by atoms with van der Waals surface area (Å²) < 4.78 is 4.68. The summed E-state index contributed by atoms with van der Waals surface area (Å²) in [4.78, 5) is 10.7. The molecule has 0 aliphatic carbocycles. The van der Waals surface area contributed by atoms with E-state index in [1.54, 1.807) is 0 Å². The third kappa shape index (κ3) is 4.58. The van der Waals surface area contributed by atoms with Gasteiger partial charge in [-0.3, -0.25) is 9.13 Å². The normalized spacial score (nSPS) is 13.2. The molecular formula is C58H36N4Si. The molecular weight excluding hydrogens is 781 g/mol. The predicted molar refractivity (Wildman–Crippen MR) is 263 cm³/mol. The Morgan fingerprint density at radius 1 is 0.270 bits per heavy atom. The van der Waals surface area contributed by atoms with Crippen LogP contribution in [0.25, 0.3) is 99.8 Å². The number of benzene rings is 8. The zero-order valence-electron chi connectivity index (χ0n) is 34.1. The molecule has 292 valence electrons. The van der Waals surface area contributed by atoms with Gasteiger partial charge < -0.3 is 0 Å². The second kappa shape index (κ2) is 12.9. The third-order valence-electron chi connectivity index (χ3n) is 13.9. The lowest BCUT2D eigenvalue weighted by molar-refractivity contribution is 1.08. The van der Waals surface area contributed by atoms with Crippen LogP contribution in [-0.2, 0) is 0 Å². The summed E-state index contributed by atoms with van der Waals surface area (Å²) in [5, 5.41) is 10.4. The predicted octanol–water partition coefficient (Wildman–Crippen LogP) is 11.3. The van der Waals surface area contributed by atoms with Crippen LogP contribution < -0.4 is 20.7 Å². The Balaban J connectivity index is 1.08. The highest BCUT2D eigenvalue weighted by Gasteiger charge is 2.50. The number of fused-ring (bicyclic) bond motifs is 20. The van der Waals surface area contributed by atoms with Gasteiger partial charge in [-0.15, -0.1) is 0 Å². The first-order valence-corrected chi connectivity index (χ1v) is 23.7. The van der Waals surface area contributed by atoms with Gasteiger partial charge in [0.25, 0.3) is 0 Å². The molecule has 14 rings (SSSR count). The van der Waals surface area contributed by atoms with Crippen molar-refractivity contribution in [3.05, 3.63) is 219 Å². The van der Waals surface area contributed by atoms with E-state index in [1.807, 2.05) is 0 Å². The van der Waals surface area contributed by atoms with Gasteiger partial charge in [-0.05, 0) is 90.5 Å². The van der Waals surface area contributed by atoms with Gasteiger partial charge >= 0.3 is 0 Å². The Kier molecular flexibility index (Phi) is 7.10. The Bertz CT molecular complexity index is 3530. The van der Waals surface area contributed by atoms with E-state index >= 15 is 0 Å². The highest BCUT2D eigenvalue weighted by Crippen LogP contribution is 2.43. The highest BCUT2D eigenvalue weighted by molar-refractivity contribution is 7.22. The van der Waals surface area contributed by atoms with Gasteiger partial charge in [0.15, 0.2) is 8.07 Å². The van der Waals surface area contributed by atoms with Crippen LogP contribution in [-0.4, -0.2) is 27.2 Å². The molecule has 63 heavy (non-hydrogen) atoms. The van der Waals surface area contributed by atoms with E-state index < -0.39 is 8.07 Å². The maximum Gasteiger partial charge on any atom is 0.182 e. The van der Waals surface area contributed by atoms with E-state index in [4.69, 9.17) is 9.97 Å². The average molecular weight is 817 g/mol. The first-order valence-electron chi connectivity index (χ1n) is 21.7. The van der Waals surface area contributed by atoms with Crippen molar-refractivity contribution in [3.63, 3.8) is 0 Å². The van der Waals surface area contributed by atoms with E-state index in [0.717, 1.165) is 44.8 Å². The van der Waals surface area contributed by atoms with Crippen LogP contribution in [0.5, 0.6) is 0 Å². The maximum atomic E-state index is 5.37. The molecule has 0 amide bonds. The van der Waals surface area contributed by atoms with Gasteiger partial charge in [0, 0.05) is 45.1 Å². The summed E-state index contributed by atoms with van der Waals surface area (Å²) in [6.45, 7) is 0. The van der Waals surface area contributed by atoms with E-state index in [0.29, 0.717) is 0 Å². The average Bonchev–Trinajstić information content (AvgIpc) is 3.81. The fraction of sp³-hybridized carbons (Fsp3) is 0. The lowest BCUT2D eigenvalue weighted by atomic mass is 9.96. The van der Waals surface area contributed by atoms with Gasteiger partial charge in [0.1, 0.15) is 11.6 Å². The van der Waals surface area contributed by atoms with Crippen molar-refractivity contribution in [1.82, 2.24) is 19.1 Å². The highest BCUT2D eigenvalue weighted by atomic mass is 28.3. The Labute approximate surface area is 364 Å². The lowest BCUT2D eigenvalue weighted by Gasteiger charge is -2.36. The molecule has 2 aliphatic rings. The van der Waals surface area contributed by atoms with E-state index in [9.17, 15) is 0 Å². The van der Waals surface area contributed by atoms with E-state index in [2.05, 4.69) is 228 Å². The standard InChI is InChI=1S/C58H36N4Si/c1-9-25-49-37(17-1)38-18-2-10-26-50(38)61(49)57-33-45-41-21-5-13-29-53(41)63(55-31-15-7-23-43(55)47(45)35-59-57)54-30-14-6-22-42(54)46-34-58(60-36-48(46)44-24-8-16-32-56(44)63)62-51-27-11-3-19-39(51)40-20-4-12-28-52(40)62/h1-36H. The van der Waals surface area contributed by atoms with E-state index in [1.165, 1.54) is 75.7 Å². The summed E-state index contributed by atoms with van der Waals surface area (Å²) in [5.74, 6) is 1.82. The number of hydrogen-bond acceptors (Lipinski definition) is 2. The Morgan fingerprint density at radius 3 is 0.873 bits per heavy atom. The number of rotatable bonds is 2. The molecule has 1 spiro atoms. The van der Waals surface area contributed by atoms with Crippen LogP contribution in [0.2, 0.25) is 0 Å². The molecule has 0 bridgehead atoms. The van der Waals surface area contributed by atoms with Crippen LogP contribution in [0.4, 0.5) is 0 Å². The van der Waals surface area contributed by atoms with Crippen LogP contribution in [0, 0.1) is 0 Å². The monoisotopic (exact) mass is 816 g/mol. The number of para-hydroxylation sites is 4. The van der Waals surface area contributed by atoms with Crippen molar-refractivity contribution in [2.24, 2.45) is 0 Å². The lowest BCUT2D eigenvalue weighted by Crippen LogP contribution is -2.75. The molecule has 2 aliphatic heterocycles. The SMILES string of the molecule is c1ccc2c(c1)-c1cnc(-n3c4ccccc4c4ccccc43)cc1-c1ccccc1[Si]21c2ccccc2-c2cnc(-n3c4ccccc4c4ccccc43)cc2-c2ccccc21. The van der Waals surface area contributed by atoms with Crippen LogP contribution in [0.15, 0.2) is 219 Å². The number of aromatic nitrogens is 4. The van der Waals surface area contributed by atoms with Gasteiger partial charge in [-0.25, -0.2) is 9.97 Å². The zero-order valence-corrected chi connectivity index (χ0v) is 35.1. The molecule has 0 saturated carbocycles. The van der Waals surface area contributed by atoms with Crippen molar-refractivity contribution in [1.29, 1.82) is 0 Å². The van der Waals surface area contributed by atoms with Gasteiger partial charge in [-0.2, -0.15) is 0 Å². The van der Waals surface area contributed by atoms with Crippen molar-refractivity contribution < 1.29 is 0 Å². The van der Waals surface area contributed by atoms with Gasteiger partial charge in [-0.1, -0.05) is 170 Å². The molecule has 0 N–H and O–H groups in total. The summed E-state index contributed by atoms with van der Waals surface area (Å²) in [6.07, 6.45) is 4.28. The summed E-state index contributed by atoms with van der Waals surface area (Å²) in [6, 6.07) is 76.4. The molecule has 4 nitrogen and oxygen atoms in total. The molecule has 0 saturated heterocycles. The van der Waals surface area contributed by atoms with Crippen LogP contribution in [0.3, 0.4) is 0 Å². The smallest absolute Gasteiger partial charge is 0.182 e. The zero-order chi connectivity index (χ0) is 41.2. The minimum atomic E-state index is -3.16. The molecule has 5 heteroatoms. The minimum absolute atomic E-state index is 0.911. The largest absolute Gasteiger partial charge is 0.294 e. The third-order valence-corrected chi connectivity index (χ3v) is 18.9. The molecule has 12 aromatic rings. The fourth-order valence-electron chi connectivity index (χ4n) is 11.4. The van der Waals surface area contributed by atoms with E-state index in [-0.39, 0.29) is 0 Å². The molecule has 4 aromatic heterocycles. The molecule has 0 atom stereocenters. The van der Waals surface area contributed by atoms with Crippen molar-refractivity contribution in [2.75, 3.05) is 0 Å². The molecule has 8 aromatic carbocycles. The topological polar surface area (TPSA) is 35.6 Å². The first-order chi connectivity index (χ1) is 31.3. The Hall–Kier alpha value is -8.12. The van der Waals surface area contributed by atoms with Crippen molar-refractivity contribution in [3.8, 4) is 56.1 Å². The minimum Gasteiger partial charge on any atom is -0.294 e. The molecule has 0 radical (unpaired) electrons. The fourth-order valence-corrected chi connectivity index (χ4v) is 17.0. The quantitative estimate of drug-likeness (QED) is 0.163. The Morgan fingerprint density at radius 2 is 0.540 bits per heavy atom.